The lowest BCUT2D eigenvalue weighted by Gasteiger charge is -2.21. The van der Waals surface area contributed by atoms with Gasteiger partial charge >= 0.3 is 39.5 Å². The average Bonchev–Trinajstić information content (AvgIpc) is 1.15. The Kier molecular flexibility index (Phi) is 65.9. The van der Waals surface area contributed by atoms with E-state index < -0.39 is 97.5 Å². The normalized spacial score (nSPS) is 14.1. The van der Waals surface area contributed by atoms with Gasteiger partial charge in [-0.15, -0.1) is 0 Å². The average molecular weight is 1420 g/mol. The summed E-state index contributed by atoms with van der Waals surface area (Å²) in [5, 5.41) is 10.6. The first-order valence-electron chi connectivity index (χ1n) is 40.2. The number of rotatable bonds is 75. The number of aliphatic hydroxyl groups is 1. The van der Waals surface area contributed by atoms with Crippen LogP contribution in [0.2, 0.25) is 0 Å². The molecular weight excluding hydrogens is 1270 g/mol. The molecule has 0 aliphatic carbocycles. The van der Waals surface area contributed by atoms with E-state index in [2.05, 4.69) is 55.4 Å². The molecular formula is C78H152O17P2. The standard InChI is InChI=1S/C78H152O17P2/c1-68(2)54-46-38-30-23-19-15-11-9-13-17-21-25-34-42-50-58-75(80)88-64-73(94-77(82)60-52-44-35-26-22-18-14-10-12-16-20-24-31-39-47-55-69(3)4)66-92-96(84,85)90-62-72(79)63-91-97(86,87)93-67-74(65-89-76(81)59-51-43-37-29-33-41-49-57-71(7)8)95-78(83)61-53-45-36-28-27-32-40-48-56-70(5)6/h68-74,79H,9-67H2,1-8H3,(H,84,85)(H,86,87)/t72?,73-,74-/m1/s1. The Balaban J connectivity index is 5.23. The molecule has 0 aromatic rings. The summed E-state index contributed by atoms with van der Waals surface area (Å²) in [5.41, 5.74) is 0. The molecule has 0 saturated carbocycles. The molecule has 0 amide bonds. The zero-order valence-corrected chi connectivity index (χ0v) is 65.5. The molecule has 0 radical (unpaired) electrons. The van der Waals surface area contributed by atoms with Crippen molar-refractivity contribution in [2.75, 3.05) is 39.6 Å². The highest BCUT2D eigenvalue weighted by molar-refractivity contribution is 7.47. The largest absolute Gasteiger partial charge is 0.472 e. The van der Waals surface area contributed by atoms with E-state index in [1.54, 1.807) is 0 Å². The van der Waals surface area contributed by atoms with Crippen LogP contribution in [0.3, 0.4) is 0 Å². The van der Waals surface area contributed by atoms with Gasteiger partial charge in [-0.3, -0.25) is 37.3 Å². The number of phosphoric ester groups is 2. The van der Waals surface area contributed by atoms with Gasteiger partial charge in [0, 0.05) is 25.7 Å². The van der Waals surface area contributed by atoms with Gasteiger partial charge in [0.05, 0.1) is 26.4 Å². The molecule has 0 fully saturated rings. The highest BCUT2D eigenvalue weighted by Gasteiger charge is 2.30. The molecule has 0 heterocycles. The summed E-state index contributed by atoms with van der Waals surface area (Å²) in [6.45, 7) is 14.2. The summed E-state index contributed by atoms with van der Waals surface area (Å²) in [7, 11) is -9.92. The molecule has 19 heteroatoms. The van der Waals surface area contributed by atoms with Crippen LogP contribution in [0.15, 0.2) is 0 Å². The molecule has 0 aliphatic heterocycles. The van der Waals surface area contributed by atoms with Gasteiger partial charge < -0.3 is 33.8 Å². The maximum Gasteiger partial charge on any atom is 0.472 e. The van der Waals surface area contributed by atoms with E-state index in [1.165, 1.54) is 193 Å². The van der Waals surface area contributed by atoms with Crippen molar-refractivity contribution >= 4 is 39.5 Å². The lowest BCUT2D eigenvalue weighted by molar-refractivity contribution is -0.161. The van der Waals surface area contributed by atoms with Gasteiger partial charge in [0.2, 0.25) is 0 Å². The van der Waals surface area contributed by atoms with E-state index in [4.69, 9.17) is 37.0 Å². The van der Waals surface area contributed by atoms with Crippen LogP contribution < -0.4 is 0 Å². The van der Waals surface area contributed by atoms with E-state index >= 15 is 0 Å². The summed E-state index contributed by atoms with van der Waals surface area (Å²) in [5.74, 6) is 0.912. The maximum absolute atomic E-state index is 13.1. The number of hydrogen-bond acceptors (Lipinski definition) is 15. The molecule has 0 aliphatic rings. The molecule has 3 N–H and O–H groups in total. The third kappa shape index (κ3) is 72.2. The Morgan fingerprint density at radius 3 is 0.639 bits per heavy atom. The molecule has 5 atom stereocenters. The minimum atomic E-state index is -4.96. The molecule has 0 saturated heterocycles. The number of carbonyl (C=O) groups excluding carboxylic acids is 4. The van der Waals surface area contributed by atoms with Crippen LogP contribution in [0, 0.1) is 23.7 Å². The second-order valence-electron chi connectivity index (χ2n) is 30.0. The third-order valence-electron chi connectivity index (χ3n) is 18.1. The fourth-order valence-corrected chi connectivity index (χ4v) is 13.5. The Morgan fingerprint density at radius 2 is 0.433 bits per heavy atom. The first-order valence-corrected chi connectivity index (χ1v) is 43.2. The van der Waals surface area contributed by atoms with Crippen molar-refractivity contribution in [3.05, 3.63) is 0 Å². The molecule has 0 aromatic carbocycles. The molecule has 97 heavy (non-hydrogen) atoms. The molecule has 0 bridgehead atoms. The highest BCUT2D eigenvalue weighted by Crippen LogP contribution is 2.45. The predicted octanol–water partition coefficient (Wildman–Crippen LogP) is 22.8. The molecule has 0 aromatic heterocycles. The van der Waals surface area contributed by atoms with Crippen molar-refractivity contribution in [2.45, 2.75) is 414 Å². The van der Waals surface area contributed by atoms with Gasteiger partial charge in [0.1, 0.15) is 19.3 Å². The highest BCUT2D eigenvalue weighted by atomic mass is 31.2. The van der Waals surface area contributed by atoms with Crippen molar-refractivity contribution < 1.29 is 80.2 Å². The second kappa shape index (κ2) is 67.2. The Hall–Kier alpha value is -1.94. The van der Waals surface area contributed by atoms with Gasteiger partial charge in [-0.25, -0.2) is 9.13 Å². The van der Waals surface area contributed by atoms with E-state index in [0.717, 1.165) is 114 Å². The minimum Gasteiger partial charge on any atom is -0.462 e. The Morgan fingerprint density at radius 1 is 0.258 bits per heavy atom. The monoisotopic (exact) mass is 1420 g/mol. The van der Waals surface area contributed by atoms with Crippen LogP contribution in [0.4, 0.5) is 0 Å². The molecule has 576 valence electrons. The zero-order chi connectivity index (χ0) is 71.7. The number of aliphatic hydroxyl groups excluding tert-OH is 1. The SMILES string of the molecule is CC(C)CCCCCCCCCCCCCCCCCC(=O)OC[C@H](COP(=O)(O)OCC(O)COP(=O)(O)OC[C@@H](COC(=O)CCCCCCCCCC(C)C)OC(=O)CCCCCCCCCCC(C)C)OC(=O)CCCCCCCCCCCCCCCCCC(C)C. The van der Waals surface area contributed by atoms with Crippen molar-refractivity contribution in [3.63, 3.8) is 0 Å². The molecule has 0 rings (SSSR count). The predicted molar refractivity (Wildman–Crippen MR) is 395 cm³/mol. The van der Waals surface area contributed by atoms with Crippen LogP contribution in [0.5, 0.6) is 0 Å². The van der Waals surface area contributed by atoms with Crippen LogP contribution in [0.1, 0.15) is 396 Å². The Labute approximate surface area is 594 Å². The van der Waals surface area contributed by atoms with Gasteiger partial charge in [-0.2, -0.15) is 0 Å². The number of esters is 4. The fourth-order valence-electron chi connectivity index (χ4n) is 11.9. The van der Waals surface area contributed by atoms with Crippen molar-refractivity contribution in [2.24, 2.45) is 23.7 Å². The smallest absolute Gasteiger partial charge is 0.462 e. The second-order valence-corrected chi connectivity index (χ2v) is 32.9. The van der Waals surface area contributed by atoms with E-state index in [9.17, 15) is 43.2 Å². The van der Waals surface area contributed by atoms with Gasteiger partial charge in [-0.1, -0.05) is 344 Å². The maximum atomic E-state index is 13.1. The van der Waals surface area contributed by atoms with Crippen LogP contribution >= 0.6 is 15.6 Å². The van der Waals surface area contributed by atoms with Crippen molar-refractivity contribution in [3.8, 4) is 0 Å². The number of carbonyl (C=O) groups is 4. The summed E-state index contributed by atoms with van der Waals surface area (Å²) in [6, 6.07) is 0. The summed E-state index contributed by atoms with van der Waals surface area (Å²) in [6.07, 6.45) is 52.9. The van der Waals surface area contributed by atoms with Gasteiger partial charge in [0.25, 0.3) is 0 Å². The first-order chi connectivity index (χ1) is 46.6. The molecule has 17 nitrogen and oxygen atoms in total. The number of ether oxygens (including phenoxy) is 4. The van der Waals surface area contributed by atoms with E-state index in [0.29, 0.717) is 31.6 Å². The Bertz CT molecular complexity index is 1900. The zero-order valence-electron chi connectivity index (χ0n) is 63.7. The van der Waals surface area contributed by atoms with Gasteiger partial charge in [-0.05, 0) is 49.4 Å². The van der Waals surface area contributed by atoms with E-state index in [1.807, 2.05) is 0 Å². The number of hydrogen-bond donors (Lipinski definition) is 3. The minimum absolute atomic E-state index is 0.103. The topological polar surface area (TPSA) is 237 Å². The fraction of sp³-hybridized carbons (Fsp3) is 0.949. The van der Waals surface area contributed by atoms with Crippen LogP contribution in [-0.2, 0) is 65.4 Å². The van der Waals surface area contributed by atoms with Gasteiger partial charge in [0.15, 0.2) is 12.2 Å². The van der Waals surface area contributed by atoms with E-state index in [-0.39, 0.29) is 25.7 Å². The summed E-state index contributed by atoms with van der Waals surface area (Å²) in [4.78, 5) is 72.8. The summed E-state index contributed by atoms with van der Waals surface area (Å²) >= 11 is 0. The lowest BCUT2D eigenvalue weighted by Crippen LogP contribution is -2.30. The first kappa shape index (κ1) is 95.1. The van der Waals surface area contributed by atoms with Crippen LogP contribution in [0.25, 0.3) is 0 Å². The van der Waals surface area contributed by atoms with Crippen LogP contribution in [-0.4, -0.2) is 96.7 Å². The summed E-state index contributed by atoms with van der Waals surface area (Å²) < 4.78 is 68.6. The lowest BCUT2D eigenvalue weighted by atomic mass is 10.0. The molecule has 3 unspecified atom stereocenters. The quantitative estimate of drug-likeness (QED) is 0.0222. The van der Waals surface area contributed by atoms with Crippen molar-refractivity contribution in [1.82, 2.24) is 0 Å². The number of unbranched alkanes of at least 4 members (excludes halogenated alkanes) is 41. The molecule has 0 spiro atoms. The third-order valence-corrected chi connectivity index (χ3v) is 20.0. The van der Waals surface area contributed by atoms with Crippen molar-refractivity contribution in [1.29, 1.82) is 0 Å². The number of phosphoric acid groups is 2.